The molecule has 1 saturated heterocycles. The molecule has 228 valence electrons. The molecule has 0 bridgehead atoms. The SMILES string of the molecule is CCC(C)c1ccc(C(=O)OC[C@@H]2O[C@H](n3cc(/C=C/Br)c(=O)[nH]c3=O)CC2OC(=O)c2ccc(C(C)CC)cc2)cc1. The summed E-state index contributed by atoms with van der Waals surface area (Å²) in [5, 5.41) is 0. The number of ether oxygens (including phenoxy) is 3. The molecule has 0 saturated carbocycles. The minimum absolute atomic E-state index is 0.103. The maximum Gasteiger partial charge on any atom is 0.338 e. The van der Waals surface area contributed by atoms with Gasteiger partial charge in [-0.1, -0.05) is 67.9 Å². The second-order valence-electron chi connectivity index (χ2n) is 10.8. The molecule has 3 aromatic rings. The Bertz CT molecular complexity index is 1560. The van der Waals surface area contributed by atoms with Gasteiger partial charge in [-0.05, 0) is 71.1 Å². The van der Waals surface area contributed by atoms with E-state index in [1.165, 1.54) is 21.8 Å². The molecule has 5 atom stereocenters. The third-order valence-electron chi connectivity index (χ3n) is 8.02. The van der Waals surface area contributed by atoms with Gasteiger partial charge in [0.05, 0.1) is 16.7 Å². The molecule has 0 spiro atoms. The van der Waals surface area contributed by atoms with Crippen molar-refractivity contribution in [1.29, 1.82) is 0 Å². The Balaban J connectivity index is 1.54. The summed E-state index contributed by atoms with van der Waals surface area (Å²) in [5.74, 6) is -0.366. The van der Waals surface area contributed by atoms with Gasteiger partial charge in [-0.25, -0.2) is 14.4 Å². The highest BCUT2D eigenvalue weighted by Crippen LogP contribution is 2.31. The van der Waals surface area contributed by atoms with Crippen LogP contribution in [-0.4, -0.2) is 40.3 Å². The first-order valence-corrected chi connectivity index (χ1v) is 15.4. The number of esters is 2. The lowest BCUT2D eigenvalue weighted by molar-refractivity contribution is -0.0582. The normalized spacial score (nSPS) is 19.7. The highest BCUT2D eigenvalue weighted by Gasteiger charge is 2.40. The average molecular weight is 654 g/mol. The molecule has 3 unspecified atom stereocenters. The summed E-state index contributed by atoms with van der Waals surface area (Å²) in [6, 6.07) is 14.5. The molecule has 10 heteroatoms. The van der Waals surface area contributed by atoms with E-state index >= 15 is 0 Å². The second kappa shape index (κ2) is 14.6. The van der Waals surface area contributed by atoms with Crippen LogP contribution in [0.4, 0.5) is 0 Å². The molecule has 1 aliphatic heterocycles. The van der Waals surface area contributed by atoms with E-state index in [2.05, 4.69) is 48.6 Å². The van der Waals surface area contributed by atoms with Gasteiger partial charge in [-0.15, -0.1) is 0 Å². The van der Waals surface area contributed by atoms with Gasteiger partial charge in [-0.2, -0.15) is 0 Å². The topological polar surface area (TPSA) is 117 Å². The number of hydrogen-bond acceptors (Lipinski definition) is 7. The molecule has 0 amide bonds. The van der Waals surface area contributed by atoms with Gasteiger partial charge in [0.25, 0.3) is 5.56 Å². The van der Waals surface area contributed by atoms with Crippen LogP contribution in [0.1, 0.15) is 102 Å². The van der Waals surface area contributed by atoms with Crippen LogP contribution in [0.5, 0.6) is 0 Å². The van der Waals surface area contributed by atoms with E-state index in [9.17, 15) is 19.2 Å². The average Bonchev–Trinajstić information content (AvgIpc) is 3.42. The van der Waals surface area contributed by atoms with Crippen molar-refractivity contribution < 1.29 is 23.8 Å². The van der Waals surface area contributed by atoms with Crippen molar-refractivity contribution in [2.24, 2.45) is 0 Å². The summed E-state index contributed by atoms with van der Waals surface area (Å²) in [6.07, 6.45) is 2.37. The fourth-order valence-corrected chi connectivity index (χ4v) is 5.14. The van der Waals surface area contributed by atoms with Crippen LogP contribution in [0.25, 0.3) is 6.08 Å². The summed E-state index contributed by atoms with van der Waals surface area (Å²) < 4.78 is 18.8. The zero-order chi connectivity index (χ0) is 31.1. The maximum atomic E-state index is 13.1. The van der Waals surface area contributed by atoms with Gasteiger partial charge in [-0.3, -0.25) is 14.3 Å². The predicted octanol–water partition coefficient (Wildman–Crippen LogP) is 6.30. The van der Waals surface area contributed by atoms with Crippen molar-refractivity contribution in [2.75, 3.05) is 6.61 Å². The zero-order valence-corrected chi connectivity index (χ0v) is 26.3. The lowest BCUT2D eigenvalue weighted by atomic mass is 9.98. The van der Waals surface area contributed by atoms with E-state index in [1.807, 2.05) is 24.3 Å². The van der Waals surface area contributed by atoms with Crippen LogP contribution in [0, 0.1) is 0 Å². The number of hydrogen-bond donors (Lipinski definition) is 1. The highest BCUT2D eigenvalue weighted by molar-refractivity contribution is 9.11. The van der Waals surface area contributed by atoms with Crippen molar-refractivity contribution in [2.45, 2.75) is 77.2 Å². The first kappa shape index (κ1) is 32.2. The van der Waals surface area contributed by atoms with Crippen molar-refractivity contribution in [3.05, 3.63) is 108 Å². The molecule has 9 nitrogen and oxygen atoms in total. The quantitative estimate of drug-likeness (QED) is 0.242. The van der Waals surface area contributed by atoms with E-state index in [4.69, 9.17) is 14.2 Å². The number of nitrogens with zero attached hydrogens (tertiary/aromatic N) is 1. The predicted molar refractivity (Wildman–Crippen MR) is 168 cm³/mol. The summed E-state index contributed by atoms with van der Waals surface area (Å²) in [5.41, 5.74) is 2.01. The van der Waals surface area contributed by atoms with Gasteiger partial charge in [0.15, 0.2) is 0 Å². The van der Waals surface area contributed by atoms with Gasteiger partial charge >= 0.3 is 17.6 Å². The Morgan fingerprint density at radius 2 is 1.53 bits per heavy atom. The number of H-pyrrole nitrogens is 1. The second-order valence-corrected chi connectivity index (χ2v) is 11.3. The molecule has 2 heterocycles. The Hall–Kier alpha value is -3.76. The molecule has 0 aliphatic carbocycles. The van der Waals surface area contributed by atoms with E-state index in [0.717, 1.165) is 24.0 Å². The molecule has 4 rings (SSSR count). The Labute approximate surface area is 259 Å². The van der Waals surface area contributed by atoms with Crippen LogP contribution in [0.2, 0.25) is 0 Å². The molecule has 0 radical (unpaired) electrons. The van der Waals surface area contributed by atoms with Crippen molar-refractivity contribution in [3.8, 4) is 0 Å². The smallest absolute Gasteiger partial charge is 0.338 e. The van der Waals surface area contributed by atoms with Crippen LogP contribution >= 0.6 is 15.9 Å². The van der Waals surface area contributed by atoms with E-state index in [0.29, 0.717) is 23.0 Å². The van der Waals surface area contributed by atoms with E-state index in [1.54, 1.807) is 24.3 Å². The number of halogens is 1. The Morgan fingerprint density at radius 3 is 2.07 bits per heavy atom. The zero-order valence-electron chi connectivity index (χ0n) is 24.7. The minimum atomic E-state index is -0.879. The standard InChI is InChI=1S/C33H37BrN2O7/c1-5-20(3)22-7-11-24(12-8-22)31(38)41-19-28-27(43-32(39)25-13-9-23(10-14-25)21(4)6-2)17-29(42-28)36-18-26(15-16-34)30(37)35-33(36)40/h7-16,18,20-21,27-29H,5-6,17,19H2,1-4H3,(H,35,37,40)/b16-15+/t20?,21?,27?,28-,29-/m0/s1. The highest BCUT2D eigenvalue weighted by atomic mass is 79.9. The van der Waals surface area contributed by atoms with Crippen LogP contribution in [0.15, 0.2) is 69.3 Å². The monoisotopic (exact) mass is 652 g/mol. The van der Waals surface area contributed by atoms with Crippen molar-refractivity contribution in [3.63, 3.8) is 0 Å². The molecular weight excluding hydrogens is 616 g/mol. The van der Waals surface area contributed by atoms with Crippen LogP contribution in [-0.2, 0) is 14.2 Å². The number of rotatable bonds is 11. The van der Waals surface area contributed by atoms with E-state index < -0.39 is 41.6 Å². The fraction of sp³-hybridized carbons (Fsp3) is 0.394. The molecule has 43 heavy (non-hydrogen) atoms. The lowest BCUT2D eigenvalue weighted by Gasteiger charge is -2.19. The van der Waals surface area contributed by atoms with Crippen molar-refractivity contribution in [1.82, 2.24) is 9.55 Å². The molecule has 2 aromatic carbocycles. The van der Waals surface area contributed by atoms with Gasteiger partial charge in [0.1, 0.15) is 25.0 Å². The fourth-order valence-electron chi connectivity index (χ4n) is 4.86. The number of aromatic amines is 1. The third kappa shape index (κ3) is 7.80. The number of carbonyl (C=O) groups excluding carboxylic acids is 2. The first-order chi connectivity index (χ1) is 20.6. The van der Waals surface area contributed by atoms with E-state index in [-0.39, 0.29) is 18.6 Å². The summed E-state index contributed by atoms with van der Waals surface area (Å²) >= 11 is 3.14. The Morgan fingerprint density at radius 1 is 0.977 bits per heavy atom. The summed E-state index contributed by atoms with van der Waals surface area (Å²) in [4.78, 5) is 54.7. The maximum absolute atomic E-state index is 13.1. The van der Waals surface area contributed by atoms with Crippen molar-refractivity contribution >= 4 is 33.9 Å². The van der Waals surface area contributed by atoms with Gasteiger partial charge in [0, 0.05) is 12.6 Å². The van der Waals surface area contributed by atoms with Gasteiger partial charge < -0.3 is 14.2 Å². The lowest BCUT2D eigenvalue weighted by Crippen LogP contribution is -2.33. The number of nitrogens with one attached hydrogen (secondary N) is 1. The number of benzene rings is 2. The number of carbonyl (C=O) groups is 2. The molecule has 1 N–H and O–H groups in total. The Kier molecular flexibility index (Phi) is 10.9. The molecule has 1 aromatic heterocycles. The van der Waals surface area contributed by atoms with Crippen LogP contribution < -0.4 is 11.2 Å². The molecule has 1 aliphatic rings. The first-order valence-electron chi connectivity index (χ1n) is 14.5. The van der Waals surface area contributed by atoms with Crippen LogP contribution in [0.3, 0.4) is 0 Å². The minimum Gasteiger partial charge on any atom is -0.459 e. The third-order valence-corrected chi connectivity index (χ3v) is 8.29. The largest absolute Gasteiger partial charge is 0.459 e. The summed E-state index contributed by atoms with van der Waals surface area (Å²) in [6.45, 7) is 8.24. The number of aromatic nitrogens is 2. The molecule has 1 fully saturated rings. The van der Waals surface area contributed by atoms with Gasteiger partial charge in [0.2, 0.25) is 0 Å². The summed E-state index contributed by atoms with van der Waals surface area (Å²) in [7, 11) is 0. The molecular formula is C33H37BrN2O7.